The summed E-state index contributed by atoms with van der Waals surface area (Å²) in [6, 6.07) is 0. The van der Waals surface area contributed by atoms with Gasteiger partial charge in [0, 0.05) is 11.8 Å². The van der Waals surface area contributed by atoms with E-state index in [1.807, 2.05) is 6.92 Å². The molecule has 0 saturated carbocycles. The summed E-state index contributed by atoms with van der Waals surface area (Å²) in [5.74, 6) is 0.435. The summed E-state index contributed by atoms with van der Waals surface area (Å²) in [5.41, 5.74) is -0.00521. The molecule has 11 heavy (non-hydrogen) atoms. The Labute approximate surface area is 70.2 Å². The van der Waals surface area contributed by atoms with Gasteiger partial charge in [-0.1, -0.05) is 27.7 Å². The normalized spacial score (nSPS) is 11.6. The highest BCUT2D eigenvalue weighted by Gasteiger charge is 2.30. The standard InChI is InChI=1S/C10H20O/c1-5-9(11)10(6-2,7-3)8-4/h5-8H2,1-4H3. The number of hydrogen-bond acceptors (Lipinski definition) is 1. The van der Waals surface area contributed by atoms with Crippen LogP contribution in [0.4, 0.5) is 0 Å². The van der Waals surface area contributed by atoms with Crippen molar-refractivity contribution in [2.45, 2.75) is 53.4 Å². The summed E-state index contributed by atoms with van der Waals surface area (Å²) in [6.07, 6.45) is 3.67. The molecule has 0 amide bonds. The van der Waals surface area contributed by atoms with Gasteiger partial charge in [-0.25, -0.2) is 0 Å². The fourth-order valence-electron chi connectivity index (χ4n) is 1.72. The second-order valence-corrected chi connectivity index (χ2v) is 3.12. The van der Waals surface area contributed by atoms with Gasteiger partial charge >= 0.3 is 0 Å². The summed E-state index contributed by atoms with van der Waals surface area (Å²) >= 11 is 0. The molecule has 0 fully saturated rings. The van der Waals surface area contributed by atoms with Crippen LogP contribution in [-0.4, -0.2) is 5.78 Å². The molecular weight excluding hydrogens is 136 g/mol. The molecule has 66 valence electrons. The van der Waals surface area contributed by atoms with Crippen LogP contribution in [0, 0.1) is 5.41 Å². The van der Waals surface area contributed by atoms with Crippen molar-refractivity contribution < 1.29 is 4.79 Å². The molecule has 0 atom stereocenters. The van der Waals surface area contributed by atoms with Gasteiger partial charge in [0.25, 0.3) is 0 Å². The van der Waals surface area contributed by atoms with E-state index in [2.05, 4.69) is 20.8 Å². The molecule has 0 aromatic rings. The lowest BCUT2D eigenvalue weighted by atomic mass is 9.75. The maximum atomic E-state index is 11.5. The molecule has 0 saturated heterocycles. The summed E-state index contributed by atoms with van der Waals surface area (Å²) in [7, 11) is 0. The third kappa shape index (κ3) is 2.05. The van der Waals surface area contributed by atoms with Crippen LogP contribution >= 0.6 is 0 Å². The first kappa shape index (κ1) is 10.7. The quantitative estimate of drug-likeness (QED) is 0.597. The first-order valence-corrected chi connectivity index (χ1v) is 4.70. The summed E-state index contributed by atoms with van der Waals surface area (Å²) in [4.78, 5) is 11.5. The highest BCUT2D eigenvalue weighted by molar-refractivity contribution is 5.84. The lowest BCUT2D eigenvalue weighted by molar-refractivity contribution is -0.129. The molecule has 0 bridgehead atoms. The average molecular weight is 156 g/mol. The second-order valence-electron chi connectivity index (χ2n) is 3.12. The number of Topliss-reactive ketones (excluding diaryl/α,β-unsaturated/α-hetero) is 1. The van der Waals surface area contributed by atoms with Gasteiger partial charge in [-0.15, -0.1) is 0 Å². The zero-order chi connectivity index (χ0) is 8.91. The highest BCUT2D eigenvalue weighted by Crippen LogP contribution is 2.32. The van der Waals surface area contributed by atoms with E-state index < -0.39 is 0 Å². The third-order valence-corrected chi connectivity index (χ3v) is 2.94. The first-order valence-electron chi connectivity index (χ1n) is 4.70. The maximum absolute atomic E-state index is 11.5. The van der Waals surface area contributed by atoms with Crippen molar-refractivity contribution in [3.05, 3.63) is 0 Å². The molecule has 0 unspecified atom stereocenters. The van der Waals surface area contributed by atoms with E-state index in [-0.39, 0.29) is 5.41 Å². The predicted molar refractivity (Wildman–Crippen MR) is 48.6 cm³/mol. The van der Waals surface area contributed by atoms with E-state index in [1.165, 1.54) is 0 Å². The van der Waals surface area contributed by atoms with Crippen molar-refractivity contribution in [3.8, 4) is 0 Å². The van der Waals surface area contributed by atoms with E-state index in [0.717, 1.165) is 19.3 Å². The van der Waals surface area contributed by atoms with Crippen LogP contribution in [0.15, 0.2) is 0 Å². The summed E-state index contributed by atoms with van der Waals surface area (Å²) < 4.78 is 0. The molecule has 0 heterocycles. The predicted octanol–water partition coefficient (Wildman–Crippen LogP) is 3.18. The first-order chi connectivity index (χ1) is 5.16. The summed E-state index contributed by atoms with van der Waals surface area (Å²) in [6.45, 7) is 8.29. The molecule has 0 aliphatic carbocycles. The van der Waals surface area contributed by atoms with Crippen LogP contribution in [0.5, 0.6) is 0 Å². The van der Waals surface area contributed by atoms with Crippen molar-refractivity contribution in [3.63, 3.8) is 0 Å². The van der Waals surface area contributed by atoms with Crippen LogP contribution in [0.3, 0.4) is 0 Å². The maximum Gasteiger partial charge on any atom is 0.138 e. The monoisotopic (exact) mass is 156 g/mol. The van der Waals surface area contributed by atoms with Gasteiger partial charge in [0.1, 0.15) is 5.78 Å². The molecule has 0 rings (SSSR count). The van der Waals surface area contributed by atoms with E-state index in [9.17, 15) is 4.79 Å². The largest absolute Gasteiger partial charge is 0.299 e. The van der Waals surface area contributed by atoms with Crippen molar-refractivity contribution >= 4 is 5.78 Å². The Bertz CT molecular complexity index is 115. The number of carbonyl (C=O) groups excluding carboxylic acids is 1. The molecule has 1 heteroatoms. The van der Waals surface area contributed by atoms with Crippen LogP contribution in [-0.2, 0) is 4.79 Å². The molecule has 1 nitrogen and oxygen atoms in total. The Morgan fingerprint density at radius 3 is 1.45 bits per heavy atom. The van der Waals surface area contributed by atoms with Gasteiger partial charge in [-0.05, 0) is 19.3 Å². The van der Waals surface area contributed by atoms with Gasteiger partial charge in [-0.3, -0.25) is 4.79 Å². The smallest absolute Gasteiger partial charge is 0.138 e. The Kier molecular flexibility index (Phi) is 4.39. The minimum atomic E-state index is -0.00521. The van der Waals surface area contributed by atoms with Gasteiger partial charge in [0.15, 0.2) is 0 Å². The second kappa shape index (κ2) is 4.53. The topological polar surface area (TPSA) is 17.1 Å². The lowest BCUT2D eigenvalue weighted by Gasteiger charge is -2.27. The number of carbonyl (C=O) groups is 1. The number of hydrogen-bond donors (Lipinski definition) is 0. The molecule has 0 aliphatic heterocycles. The van der Waals surface area contributed by atoms with Crippen molar-refractivity contribution in [1.29, 1.82) is 0 Å². The van der Waals surface area contributed by atoms with E-state index in [0.29, 0.717) is 12.2 Å². The van der Waals surface area contributed by atoms with Crippen LogP contribution in [0.1, 0.15) is 53.4 Å². The highest BCUT2D eigenvalue weighted by atomic mass is 16.1. The van der Waals surface area contributed by atoms with E-state index >= 15 is 0 Å². The van der Waals surface area contributed by atoms with Crippen LogP contribution in [0.2, 0.25) is 0 Å². The zero-order valence-corrected chi connectivity index (χ0v) is 8.24. The van der Waals surface area contributed by atoms with Gasteiger partial charge in [0.2, 0.25) is 0 Å². The van der Waals surface area contributed by atoms with Crippen molar-refractivity contribution in [2.75, 3.05) is 0 Å². The molecule has 0 N–H and O–H groups in total. The number of ketones is 1. The third-order valence-electron chi connectivity index (χ3n) is 2.94. The molecule has 0 aromatic carbocycles. The van der Waals surface area contributed by atoms with E-state index in [4.69, 9.17) is 0 Å². The fourth-order valence-corrected chi connectivity index (χ4v) is 1.72. The van der Waals surface area contributed by atoms with E-state index in [1.54, 1.807) is 0 Å². The zero-order valence-electron chi connectivity index (χ0n) is 8.24. The van der Waals surface area contributed by atoms with Crippen molar-refractivity contribution in [2.24, 2.45) is 5.41 Å². The van der Waals surface area contributed by atoms with Gasteiger partial charge in [0.05, 0.1) is 0 Å². The van der Waals surface area contributed by atoms with Crippen LogP contribution < -0.4 is 0 Å². The molecule has 0 radical (unpaired) electrons. The molecule has 0 aromatic heterocycles. The van der Waals surface area contributed by atoms with Gasteiger partial charge in [-0.2, -0.15) is 0 Å². The minimum Gasteiger partial charge on any atom is -0.299 e. The Morgan fingerprint density at radius 1 is 1.00 bits per heavy atom. The average Bonchev–Trinajstić information content (AvgIpc) is 2.08. The van der Waals surface area contributed by atoms with Crippen LogP contribution in [0.25, 0.3) is 0 Å². The van der Waals surface area contributed by atoms with Gasteiger partial charge < -0.3 is 0 Å². The number of rotatable bonds is 5. The fraction of sp³-hybridized carbons (Fsp3) is 0.900. The minimum absolute atomic E-state index is 0.00521. The lowest BCUT2D eigenvalue weighted by Crippen LogP contribution is -2.28. The molecular formula is C10H20O. The SMILES string of the molecule is CCC(=O)C(CC)(CC)CC. The molecule has 0 aliphatic rings. The Balaban J connectivity index is 4.39. The van der Waals surface area contributed by atoms with Crippen molar-refractivity contribution in [1.82, 2.24) is 0 Å². The summed E-state index contributed by atoms with van der Waals surface area (Å²) in [5, 5.41) is 0. The Morgan fingerprint density at radius 2 is 1.36 bits per heavy atom. The Hall–Kier alpha value is -0.330. The molecule has 0 spiro atoms.